The Kier molecular flexibility index (Phi) is 2.54. The fraction of sp³-hybridized carbons (Fsp3) is 0.0833. The summed E-state index contributed by atoms with van der Waals surface area (Å²) in [5, 5.41) is 0. The summed E-state index contributed by atoms with van der Waals surface area (Å²) in [4.78, 5) is 11.1. The van der Waals surface area contributed by atoms with E-state index in [0.717, 1.165) is 6.54 Å². The molecule has 1 aromatic carbocycles. The molecule has 2 aromatic rings. The average molecular weight is 200 g/mol. The van der Waals surface area contributed by atoms with Gasteiger partial charge < -0.3 is 10.3 Å². The predicted octanol–water partition coefficient (Wildman–Crippen LogP) is 1.48. The van der Waals surface area contributed by atoms with Gasteiger partial charge in [-0.05, 0) is 5.56 Å². The summed E-state index contributed by atoms with van der Waals surface area (Å²) in [6, 6.07) is 11.5. The van der Waals surface area contributed by atoms with Crippen molar-refractivity contribution in [2.45, 2.75) is 6.54 Å². The standard InChI is InChI=1S/C12H12N2O/c13-11-9-14(7-6-12(11)15)8-10-4-2-1-3-5-10/h1-7,9H,8,13H2. The Morgan fingerprint density at radius 3 is 2.53 bits per heavy atom. The highest BCUT2D eigenvalue weighted by Gasteiger charge is 1.96. The van der Waals surface area contributed by atoms with Crippen molar-refractivity contribution < 1.29 is 0 Å². The maximum Gasteiger partial charge on any atom is 0.204 e. The second-order valence-electron chi connectivity index (χ2n) is 3.42. The Hall–Kier alpha value is -2.03. The second-order valence-corrected chi connectivity index (χ2v) is 3.42. The van der Waals surface area contributed by atoms with Crippen molar-refractivity contribution >= 4 is 5.69 Å². The molecule has 76 valence electrons. The first kappa shape index (κ1) is 9.52. The molecule has 0 aliphatic heterocycles. The van der Waals surface area contributed by atoms with Gasteiger partial charge in [-0.2, -0.15) is 0 Å². The van der Waals surface area contributed by atoms with Gasteiger partial charge in [-0.3, -0.25) is 4.79 Å². The van der Waals surface area contributed by atoms with Crippen LogP contribution in [-0.2, 0) is 6.54 Å². The normalized spacial score (nSPS) is 10.1. The number of benzene rings is 1. The van der Waals surface area contributed by atoms with E-state index in [1.54, 1.807) is 12.4 Å². The molecule has 0 spiro atoms. The highest BCUT2D eigenvalue weighted by atomic mass is 16.1. The van der Waals surface area contributed by atoms with Crippen LogP contribution in [0.4, 0.5) is 5.69 Å². The molecule has 0 radical (unpaired) electrons. The van der Waals surface area contributed by atoms with Gasteiger partial charge in [-0.25, -0.2) is 0 Å². The summed E-state index contributed by atoms with van der Waals surface area (Å²) >= 11 is 0. The molecule has 2 N–H and O–H groups in total. The van der Waals surface area contributed by atoms with Crippen LogP contribution in [0.3, 0.4) is 0 Å². The lowest BCUT2D eigenvalue weighted by molar-refractivity contribution is 0.791. The van der Waals surface area contributed by atoms with E-state index in [2.05, 4.69) is 0 Å². The topological polar surface area (TPSA) is 48.0 Å². The minimum absolute atomic E-state index is 0.126. The first-order chi connectivity index (χ1) is 7.25. The minimum Gasteiger partial charge on any atom is -0.394 e. The van der Waals surface area contributed by atoms with Gasteiger partial charge in [-0.15, -0.1) is 0 Å². The average Bonchev–Trinajstić information content (AvgIpc) is 2.25. The van der Waals surface area contributed by atoms with Crippen LogP contribution in [0.15, 0.2) is 53.6 Å². The van der Waals surface area contributed by atoms with E-state index in [9.17, 15) is 4.79 Å². The quantitative estimate of drug-likeness (QED) is 0.798. The zero-order valence-electron chi connectivity index (χ0n) is 8.26. The molecule has 0 bridgehead atoms. The summed E-state index contributed by atoms with van der Waals surface area (Å²) < 4.78 is 1.89. The second kappa shape index (κ2) is 4.00. The van der Waals surface area contributed by atoms with Gasteiger partial charge >= 0.3 is 0 Å². The summed E-state index contributed by atoms with van der Waals surface area (Å²) in [5.41, 5.74) is 6.88. The number of hydrogen-bond acceptors (Lipinski definition) is 2. The van der Waals surface area contributed by atoms with E-state index in [1.165, 1.54) is 11.6 Å². The Morgan fingerprint density at radius 1 is 1.13 bits per heavy atom. The number of nitrogen functional groups attached to an aromatic ring is 1. The molecule has 1 aromatic heterocycles. The summed E-state index contributed by atoms with van der Waals surface area (Å²) in [7, 11) is 0. The number of rotatable bonds is 2. The van der Waals surface area contributed by atoms with Gasteiger partial charge in [0.2, 0.25) is 5.43 Å². The van der Waals surface area contributed by atoms with Crippen LogP contribution < -0.4 is 11.2 Å². The van der Waals surface area contributed by atoms with E-state index in [1.807, 2.05) is 34.9 Å². The molecular weight excluding hydrogens is 188 g/mol. The molecule has 1 heterocycles. The third-order valence-electron chi connectivity index (χ3n) is 2.21. The van der Waals surface area contributed by atoms with E-state index < -0.39 is 0 Å². The van der Waals surface area contributed by atoms with E-state index in [-0.39, 0.29) is 11.1 Å². The fourth-order valence-corrected chi connectivity index (χ4v) is 1.44. The number of nitrogens with zero attached hydrogens (tertiary/aromatic N) is 1. The lowest BCUT2D eigenvalue weighted by Crippen LogP contribution is -2.11. The van der Waals surface area contributed by atoms with Gasteiger partial charge in [0, 0.05) is 25.0 Å². The zero-order valence-corrected chi connectivity index (χ0v) is 8.26. The van der Waals surface area contributed by atoms with E-state index in [4.69, 9.17) is 5.73 Å². The molecule has 0 saturated heterocycles. The van der Waals surface area contributed by atoms with Crippen LogP contribution in [0.1, 0.15) is 5.56 Å². The minimum atomic E-state index is -0.126. The first-order valence-corrected chi connectivity index (χ1v) is 4.75. The predicted molar refractivity (Wildman–Crippen MR) is 60.7 cm³/mol. The van der Waals surface area contributed by atoms with Gasteiger partial charge in [0.1, 0.15) is 0 Å². The van der Waals surface area contributed by atoms with Crippen LogP contribution >= 0.6 is 0 Å². The van der Waals surface area contributed by atoms with E-state index in [0.29, 0.717) is 0 Å². The molecule has 0 saturated carbocycles. The van der Waals surface area contributed by atoms with Gasteiger partial charge in [0.15, 0.2) is 0 Å². The van der Waals surface area contributed by atoms with Crippen molar-refractivity contribution in [2.24, 2.45) is 0 Å². The molecule has 0 aliphatic carbocycles. The molecule has 15 heavy (non-hydrogen) atoms. The van der Waals surface area contributed by atoms with Gasteiger partial charge in [0.05, 0.1) is 5.69 Å². The highest BCUT2D eigenvalue weighted by molar-refractivity contribution is 5.34. The number of hydrogen-bond donors (Lipinski definition) is 1. The molecule has 0 amide bonds. The molecule has 0 fully saturated rings. The lowest BCUT2D eigenvalue weighted by Gasteiger charge is -2.06. The maximum absolute atomic E-state index is 11.1. The molecule has 2 rings (SSSR count). The van der Waals surface area contributed by atoms with Crippen LogP contribution in [0, 0.1) is 0 Å². The number of anilines is 1. The largest absolute Gasteiger partial charge is 0.394 e. The number of pyridine rings is 1. The summed E-state index contributed by atoms with van der Waals surface area (Å²) in [6.45, 7) is 0.727. The smallest absolute Gasteiger partial charge is 0.204 e. The lowest BCUT2D eigenvalue weighted by atomic mass is 10.2. The Labute approximate surface area is 87.8 Å². The van der Waals surface area contributed by atoms with Crippen molar-refractivity contribution in [1.82, 2.24) is 4.57 Å². The van der Waals surface area contributed by atoms with Crippen LogP contribution in [0.5, 0.6) is 0 Å². The third-order valence-corrected chi connectivity index (χ3v) is 2.21. The molecule has 0 aliphatic rings. The van der Waals surface area contributed by atoms with Crippen molar-refractivity contribution in [2.75, 3.05) is 5.73 Å². The first-order valence-electron chi connectivity index (χ1n) is 4.75. The summed E-state index contributed by atoms with van der Waals surface area (Å²) in [5.74, 6) is 0. The monoisotopic (exact) mass is 200 g/mol. The highest BCUT2D eigenvalue weighted by Crippen LogP contribution is 2.02. The number of nitrogens with two attached hydrogens (primary N) is 1. The molecule has 3 heteroatoms. The molecule has 0 atom stereocenters. The maximum atomic E-state index is 11.1. The molecular formula is C12H12N2O. The molecule has 0 unspecified atom stereocenters. The Bertz CT molecular complexity index is 503. The van der Waals surface area contributed by atoms with Crippen molar-refractivity contribution in [3.63, 3.8) is 0 Å². The van der Waals surface area contributed by atoms with Crippen molar-refractivity contribution in [3.05, 3.63) is 64.6 Å². The SMILES string of the molecule is Nc1cn(Cc2ccccc2)ccc1=O. The van der Waals surface area contributed by atoms with Crippen LogP contribution in [-0.4, -0.2) is 4.57 Å². The Balaban J connectivity index is 2.26. The fourth-order valence-electron chi connectivity index (χ4n) is 1.44. The van der Waals surface area contributed by atoms with E-state index >= 15 is 0 Å². The van der Waals surface area contributed by atoms with Gasteiger partial charge in [0.25, 0.3) is 0 Å². The van der Waals surface area contributed by atoms with Crippen molar-refractivity contribution in [1.29, 1.82) is 0 Å². The number of aromatic nitrogens is 1. The molecule has 3 nitrogen and oxygen atoms in total. The van der Waals surface area contributed by atoms with Crippen LogP contribution in [0.25, 0.3) is 0 Å². The Morgan fingerprint density at radius 2 is 1.87 bits per heavy atom. The third kappa shape index (κ3) is 2.26. The van der Waals surface area contributed by atoms with Gasteiger partial charge in [-0.1, -0.05) is 30.3 Å². The zero-order chi connectivity index (χ0) is 10.7. The summed E-state index contributed by atoms with van der Waals surface area (Å²) in [6.07, 6.45) is 3.40. The van der Waals surface area contributed by atoms with Crippen molar-refractivity contribution in [3.8, 4) is 0 Å². The van der Waals surface area contributed by atoms with Crippen LogP contribution in [0.2, 0.25) is 0 Å².